The number of carbonyl (C=O) groups excluding carboxylic acids is 4. The van der Waals surface area contributed by atoms with Gasteiger partial charge in [0.15, 0.2) is 6.29 Å². The Morgan fingerprint density at radius 3 is 1.90 bits per heavy atom. The molecule has 1 saturated heterocycles. The van der Waals surface area contributed by atoms with Gasteiger partial charge in [0.2, 0.25) is 5.91 Å². The fraction of sp³-hybridized carbons (Fsp3) is 0.882. The second-order valence-electron chi connectivity index (χ2n) is 16.3. The van der Waals surface area contributed by atoms with Gasteiger partial charge < -0.3 is 69.3 Å². The summed E-state index contributed by atoms with van der Waals surface area (Å²) in [6, 6.07) is -3.07. The Morgan fingerprint density at radius 1 is 0.865 bits per heavy atom. The van der Waals surface area contributed by atoms with Crippen LogP contribution < -0.4 is 10.6 Å². The lowest BCUT2D eigenvalue weighted by atomic mass is 9.83. The number of nitrogens with one attached hydrogen (secondary N) is 2. The number of rotatable bonds is 13. The van der Waals surface area contributed by atoms with E-state index in [1.54, 1.807) is 62.3 Å². The summed E-state index contributed by atoms with van der Waals surface area (Å²) in [5.74, 6) is -1.48. The highest BCUT2D eigenvalue weighted by Gasteiger charge is 2.50. The zero-order valence-electron chi connectivity index (χ0n) is 32.6. The van der Waals surface area contributed by atoms with E-state index in [9.17, 15) is 39.6 Å². The van der Waals surface area contributed by atoms with Crippen LogP contribution in [0.4, 0.5) is 14.4 Å². The highest BCUT2D eigenvalue weighted by molar-refractivity contribution is 5.82. The zero-order valence-corrected chi connectivity index (χ0v) is 32.6. The molecule has 2 fully saturated rings. The molecule has 2 rings (SSSR count). The molecule has 6 N–H and O–H groups in total. The van der Waals surface area contributed by atoms with E-state index >= 15 is 0 Å². The molecule has 52 heavy (non-hydrogen) atoms. The van der Waals surface area contributed by atoms with Crippen molar-refractivity contribution in [2.24, 2.45) is 5.92 Å². The number of carbonyl (C=O) groups is 4. The van der Waals surface area contributed by atoms with E-state index in [2.05, 4.69) is 10.6 Å². The van der Waals surface area contributed by atoms with Gasteiger partial charge in [-0.1, -0.05) is 0 Å². The molecule has 1 aliphatic heterocycles. The van der Waals surface area contributed by atoms with Crippen LogP contribution in [0.1, 0.15) is 75.7 Å². The number of aliphatic hydroxyl groups is 4. The van der Waals surface area contributed by atoms with Crippen molar-refractivity contribution in [3.05, 3.63) is 0 Å². The van der Waals surface area contributed by atoms with Gasteiger partial charge in [-0.3, -0.25) is 4.79 Å². The second-order valence-corrected chi connectivity index (χ2v) is 16.3. The number of likely N-dealkylation sites (tertiary alicyclic amines) is 1. The quantitative estimate of drug-likeness (QED) is 0.112. The molecule has 4 amide bonds. The van der Waals surface area contributed by atoms with Crippen molar-refractivity contribution in [3.8, 4) is 0 Å². The Balaban J connectivity index is 2.37. The van der Waals surface area contributed by atoms with Crippen LogP contribution in [-0.4, -0.2) is 167 Å². The largest absolute Gasteiger partial charge is 0.444 e. The number of ether oxygens (including phenoxy) is 6. The van der Waals surface area contributed by atoms with Crippen molar-refractivity contribution in [1.29, 1.82) is 0 Å². The van der Waals surface area contributed by atoms with Crippen LogP contribution in [0.5, 0.6) is 0 Å². The summed E-state index contributed by atoms with van der Waals surface area (Å²) in [5, 5.41) is 49.0. The van der Waals surface area contributed by atoms with Crippen LogP contribution in [0, 0.1) is 5.92 Å². The van der Waals surface area contributed by atoms with Crippen LogP contribution >= 0.6 is 0 Å². The third-order valence-electron chi connectivity index (χ3n) is 8.28. The van der Waals surface area contributed by atoms with Crippen molar-refractivity contribution in [1.82, 2.24) is 20.4 Å². The number of amides is 4. The van der Waals surface area contributed by atoms with Gasteiger partial charge >= 0.3 is 18.3 Å². The Labute approximate surface area is 306 Å². The number of aliphatic hydroxyl groups excluding tert-OH is 4. The van der Waals surface area contributed by atoms with Gasteiger partial charge in [0, 0.05) is 33.2 Å². The minimum Gasteiger partial charge on any atom is -0.444 e. The van der Waals surface area contributed by atoms with E-state index < -0.39 is 108 Å². The fourth-order valence-corrected chi connectivity index (χ4v) is 5.59. The summed E-state index contributed by atoms with van der Waals surface area (Å²) >= 11 is 0. The van der Waals surface area contributed by atoms with E-state index in [1.807, 2.05) is 0 Å². The van der Waals surface area contributed by atoms with Crippen LogP contribution in [0.2, 0.25) is 0 Å². The minimum absolute atomic E-state index is 0.0532. The van der Waals surface area contributed by atoms with E-state index in [0.717, 1.165) is 4.90 Å². The van der Waals surface area contributed by atoms with Gasteiger partial charge in [-0.2, -0.15) is 0 Å². The summed E-state index contributed by atoms with van der Waals surface area (Å²) in [6.07, 6.45) is -11.1. The molecule has 18 heteroatoms. The third-order valence-corrected chi connectivity index (χ3v) is 8.28. The van der Waals surface area contributed by atoms with E-state index in [4.69, 9.17) is 28.4 Å². The smallest absolute Gasteiger partial charge is 0.410 e. The molecule has 1 heterocycles. The maximum atomic E-state index is 13.5. The Bertz CT molecular complexity index is 1200. The molecule has 0 aromatic heterocycles. The van der Waals surface area contributed by atoms with Crippen LogP contribution in [-0.2, 0) is 33.2 Å². The molecular formula is C34H62N4O14. The minimum atomic E-state index is -1.59. The molecule has 0 aromatic carbocycles. The lowest BCUT2D eigenvalue weighted by Crippen LogP contribution is -2.68. The topological polar surface area (TPSA) is 235 Å². The van der Waals surface area contributed by atoms with Gasteiger partial charge in [-0.05, 0) is 75.7 Å². The third kappa shape index (κ3) is 13.4. The normalized spacial score (nSPS) is 25.2. The van der Waals surface area contributed by atoms with E-state index in [0.29, 0.717) is 0 Å². The first-order chi connectivity index (χ1) is 23.8. The number of likely N-dealkylation sites (N-methyl/N-ethyl adjacent to an activating group) is 1. The first kappa shape index (κ1) is 45.2. The predicted molar refractivity (Wildman–Crippen MR) is 185 cm³/mol. The van der Waals surface area contributed by atoms with Gasteiger partial charge in [-0.25, -0.2) is 14.4 Å². The molecule has 18 nitrogen and oxygen atoms in total. The number of alkyl carbamates (subject to hydrolysis) is 1. The highest BCUT2D eigenvalue weighted by Crippen LogP contribution is 2.30. The molecule has 0 bridgehead atoms. The Kier molecular flexibility index (Phi) is 15.9. The van der Waals surface area contributed by atoms with Gasteiger partial charge in [0.05, 0.1) is 31.3 Å². The fourth-order valence-electron chi connectivity index (χ4n) is 5.59. The molecule has 1 saturated carbocycles. The average Bonchev–Trinajstić information content (AvgIpc) is 2.95. The second kappa shape index (κ2) is 18.4. The molecule has 1 unspecified atom stereocenters. The number of hydrogen-bond donors (Lipinski definition) is 6. The van der Waals surface area contributed by atoms with E-state index in [-0.39, 0.29) is 26.1 Å². The molecular weight excluding hydrogens is 688 g/mol. The van der Waals surface area contributed by atoms with E-state index in [1.165, 1.54) is 26.0 Å². The Morgan fingerprint density at radius 2 is 1.40 bits per heavy atom. The van der Waals surface area contributed by atoms with Crippen molar-refractivity contribution >= 4 is 24.2 Å². The van der Waals surface area contributed by atoms with Crippen molar-refractivity contribution in [2.75, 3.05) is 40.5 Å². The van der Waals surface area contributed by atoms with Crippen molar-refractivity contribution < 1.29 is 68.0 Å². The highest BCUT2D eigenvalue weighted by atomic mass is 16.7. The molecule has 9 atom stereocenters. The van der Waals surface area contributed by atoms with Crippen LogP contribution in [0.25, 0.3) is 0 Å². The van der Waals surface area contributed by atoms with Crippen molar-refractivity contribution in [3.63, 3.8) is 0 Å². The number of hydrogen-bond acceptors (Lipinski definition) is 14. The summed E-state index contributed by atoms with van der Waals surface area (Å²) < 4.78 is 33.6. The molecule has 0 aromatic rings. The van der Waals surface area contributed by atoms with Crippen LogP contribution in [0.15, 0.2) is 0 Å². The first-order valence-electron chi connectivity index (χ1n) is 17.5. The number of methoxy groups -OCH3 is 1. The molecule has 0 spiro atoms. The first-order valence-corrected chi connectivity index (χ1v) is 17.5. The molecule has 0 radical (unpaired) electrons. The maximum absolute atomic E-state index is 13.5. The SMILES string of the molecule is CO[C@H]1[C@H](O)[C@@H](O[C@@H](OCCO)[C@H](O)[C@H](C)N(C)C(=O)OC(C)(C)C)[C@H](NC(=O)C(O)C2CN(C(=O)OC(C)(C)C)C2)C[C@@H]1NC(=O)OC(C)(C)C. The summed E-state index contributed by atoms with van der Waals surface area (Å²) in [4.78, 5) is 54.0. The molecule has 2 aliphatic rings. The monoisotopic (exact) mass is 750 g/mol. The molecule has 302 valence electrons. The average molecular weight is 751 g/mol. The summed E-state index contributed by atoms with van der Waals surface area (Å²) in [5.41, 5.74) is -2.40. The molecule has 1 aliphatic carbocycles. The summed E-state index contributed by atoms with van der Waals surface area (Å²) in [6.45, 7) is 16.1. The summed E-state index contributed by atoms with van der Waals surface area (Å²) in [7, 11) is 2.71. The van der Waals surface area contributed by atoms with Gasteiger partial charge in [0.25, 0.3) is 0 Å². The van der Waals surface area contributed by atoms with Gasteiger partial charge in [0.1, 0.15) is 47.3 Å². The lowest BCUT2D eigenvalue weighted by Gasteiger charge is -2.46. The zero-order chi connectivity index (χ0) is 39.9. The maximum Gasteiger partial charge on any atom is 0.410 e. The van der Waals surface area contributed by atoms with Crippen LogP contribution in [0.3, 0.4) is 0 Å². The predicted octanol–water partition coefficient (Wildman–Crippen LogP) is 0.708. The van der Waals surface area contributed by atoms with Gasteiger partial charge in [-0.15, -0.1) is 0 Å². The Hall–Kier alpha value is -3.00. The lowest BCUT2D eigenvalue weighted by molar-refractivity contribution is -0.261. The van der Waals surface area contributed by atoms with Crippen molar-refractivity contribution in [2.45, 2.75) is 147 Å². The standard InChI is InChI=1S/C34H62N4O14/c1-18(37(11)30(45)51-33(5,6)7)22(40)28(48-14-13-39)49-26-21(15-20(25(47-12)24(26)42)36-29(44)50-32(2,3)4)35-27(43)23(41)19-16-38(17-19)31(46)52-34(8,9)10/h18-26,28,39-42H,13-17H2,1-12H3,(H,35,43)(H,36,44)/t18-,20-,21+,22+,23?,24-,25+,26-,28+/m0/s1. The number of nitrogens with zero attached hydrogens (tertiary/aromatic N) is 2.